The number of hydrogen-bond acceptors (Lipinski definition) is 4. The first-order valence-corrected chi connectivity index (χ1v) is 6.76. The lowest BCUT2D eigenvalue weighted by atomic mass is 10.2. The lowest BCUT2D eigenvalue weighted by Gasteiger charge is -2.09. The Hall–Kier alpha value is -2.15. The van der Waals surface area contributed by atoms with Crippen LogP contribution in [0.2, 0.25) is 0 Å². The van der Waals surface area contributed by atoms with Crippen molar-refractivity contribution in [1.82, 2.24) is 10.3 Å². The van der Waals surface area contributed by atoms with Gasteiger partial charge >= 0.3 is 0 Å². The summed E-state index contributed by atoms with van der Waals surface area (Å²) in [6.07, 6.45) is 0. The molecule has 5 nitrogen and oxygen atoms in total. The average molecular weight is 355 g/mol. The summed E-state index contributed by atoms with van der Waals surface area (Å²) in [5.41, 5.74) is 0.578. The molecule has 0 saturated carbocycles. The molecule has 1 aromatic carbocycles. The van der Waals surface area contributed by atoms with E-state index in [4.69, 9.17) is 4.74 Å². The third-order valence-corrected chi connectivity index (χ3v) is 3.32. The highest BCUT2D eigenvalue weighted by Crippen LogP contribution is 2.29. The molecule has 0 atom stereocenters. The van der Waals surface area contributed by atoms with Crippen LogP contribution < -0.4 is 10.1 Å². The van der Waals surface area contributed by atoms with E-state index in [1.807, 2.05) is 0 Å². The number of aromatic nitrogens is 1. The number of nitrogens with zero attached hydrogens (tertiary/aromatic N) is 1. The summed E-state index contributed by atoms with van der Waals surface area (Å²) < 4.78 is 18.0. The lowest BCUT2D eigenvalue weighted by Crippen LogP contribution is -2.24. The topological polar surface area (TPSA) is 71.5 Å². The molecule has 21 heavy (non-hydrogen) atoms. The molecule has 2 N–H and O–H groups in total. The number of pyridine rings is 1. The van der Waals surface area contributed by atoms with Crippen LogP contribution in [-0.2, 0) is 6.54 Å². The fourth-order valence-electron chi connectivity index (χ4n) is 1.62. The van der Waals surface area contributed by atoms with E-state index < -0.39 is 5.91 Å². The minimum atomic E-state index is -0.559. The van der Waals surface area contributed by atoms with E-state index in [1.165, 1.54) is 25.3 Å². The van der Waals surface area contributed by atoms with Gasteiger partial charge in [-0.25, -0.2) is 9.37 Å². The number of halogens is 2. The molecular weight excluding hydrogens is 343 g/mol. The molecule has 1 heterocycles. The fraction of sp³-hybridized carbons (Fsp3) is 0.143. The SMILES string of the molecule is COc1cc(Br)c(O)c(C(=O)NCc2ccc(F)cc2)n1. The molecule has 2 aromatic rings. The quantitative estimate of drug-likeness (QED) is 0.885. The van der Waals surface area contributed by atoms with Crippen LogP contribution in [0.1, 0.15) is 16.1 Å². The number of ether oxygens (including phenoxy) is 1. The molecule has 1 aromatic heterocycles. The van der Waals surface area contributed by atoms with Gasteiger partial charge in [0.2, 0.25) is 5.88 Å². The second kappa shape index (κ2) is 6.53. The van der Waals surface area contributed by atoms with E-state index in [-0.39, 0.29) is 29.7 Å². The van der Waals surface area contributed by atoms with Crippen LogP contribution in [0.3, 0.4) is 0 Å². The van der Waals surface area contributed by atoms with Crippen molar-refractivity contribution in [2.75, 3.05) is 7.11 Å². The van der Waals surface area contributed by atoms with Gasteiger partial charge in [-0.3, -0.25) is 4.79 Å². The van der Waals surface area contributed by atoms with E-state index in [2.05, 4.69) is 26.2 Å². The smallest absolute Gasteiger partial charge is 0.274 e. The Labute approximate surface area is 128 Å². The molecule has 0 saturated heterocycles. The van der Waals surface area contributed by atoms with Crippen LogP contribution in [0.4, 0.5) is 4.39 Å². The molecule has 110 valence electrons. The minimum absolute atomic E-state index is 0.150. The molecule has 0 spiro atoms. The summed E-state index contributed by atoms with van der Waals surface area (Å²) in [4.78, 5) is 15.9. The van der Waals surface area contributed by atoms with Gasteiger partial charge in [-0.15, -0.1) is 0 Å². The van der Waals surface area contributed by atoms with Gasteiger partial charge in [-0.05, 0) is 33.6 Å². The predicted molar refractivity (Wildman–Crippen MR) is 77.7 cm³/mol. The van der Waals surface area contributed by atoms with Gasteiger partial charge in [0.15, 0.2) is 11.4 Å². The number of carbonyl (C=O) groups excluding carboxylic acids is 1. The highest BCUT2D eigenvalue weighted by atomic mass is 79.9. The van der Waals surface area contributed by atoms with E-state index >= 15 is 0 Å². The van der Waals surface area contributed by atoms with E-state index in [9.17, 15) is 14.3 Å². The second-order valence-corrected chi connectivity index (χ2v) is 5.01. The van der Waals surface area contributed by atoms with E-state index in [1.54, 1.807) is 12.1 Å². The molecule has 2 rings (SSSR count). The molecule has 0 unspecified atom stereocenters. The molecule has 7 heteroatoms. The van der Waals surface area contributed by atoms with Gasteiger partial charge in [0.1, 0.15) is 5.82 Å². The normalized spacial score (nSPS) is 10.2. The molecule has 0 radical (unpaired) electrons. The van der Waals surface area contributed by atoms with Crippen LogP contribution in [0, 0.1) is 5.82 Å². The molecule has 0 aliphatic rings. The number of hydrogen-bond donors (Lipinski definition) is 2. The highest BCUT2D eigenvalue weighted by molar-refractivity contribution is 9.10. The van der Waals surface area contributed by atoms with Gasteiger partial charge in [-0.2, -0.15) is 0 Å². The zero-order chi connectivity index (χ0) is 15.4. The first-order valence-electron chi connectivity index (χ1n) is 5.97. The van der Waals surface area contributed by atoms with Crippen LogP contribution in [0.25, 0.3) is 0 Å². The lowest BCUT2D eigenvalue weighted by molar-refractivity contribution is 0.0942. The summed E-state index contributed by atoms with van der Waals surface area (Å²) >= 11 is 3.12. The number of carbonyl (C=O) groups is 1. The molecule has 1 amide bonds. The summed E-state index contributed by atoms with van der Waals surface area (Å²) in [7, 11) is 1.41. The number of benzene rings is 1. The summed E-state index contributed by atoms with van der Waals surface area (Å²) in [6.45, 7) is 0.190. The molecule has 0 aliphatic carbocycles. The number of amides is 1. The number of nitrogens with one attached hydrogen (secondary N) is 1. The van der Waals surface area contributed by atoms with E-state index in [0.29, 0.717) is 4.47 Å². The Morgan fingerprint density at radius 2 is 2.10 bits per heavy atom. The van der Waals surface area contributed by atoms with Crippen molar-refractivity contribution in [2.45, 2.75) is 6.54 Å². The third kappa shape index (κ3) is 3.69. The maximum Gasteiger partial charge on any atom is 0.274 e. The van der Waals surface area contributed by atoms with Gasteiger partial charge in [0.05, 0.1) is 11.6 Å². The van der Waals surface area contributed by atoms with E-state index in [0.717, 1.165) is 5.56 Å². The maximum atomic E-state index is 12.8. The predicted octanol–water partition coefficient (Wildman–Crippen LogP) is 2.63. The largest absolute Gasteiger partial charge is 0.504 e. The number of methoxy groups -OCH3 is 1. The van der Waals surface area contributed by atoms with Crippen molar-refractivity contribution in [3.63, 3.8) is 0 Å². The van der Waals surface area contributed by atoms with Crippen LogP contribution >= 0.6 is 15.9 Å². The first-order chi connectivity index (χ1) is 10.0. The Balaban J connectivity index is 2.13. The van der Waals surface area contributed by atoms with Crippen LogP contribution in [-0.4, -0.2) is 23.1 Å². The van der Waals surface area contributed by atoms with Gasteiger partial charge in [0.25, 0.3) is 5.91 Å². The Bertz CT molecular complexity index is 662. The molecular formula is C14H12BrFN2O3. The van der Waals surface area contributed by atoms with Crippen molar-refractivity contribution < 1.29 is 19.0 Å². The number of aromatic hydroxyl groups is 1. The van der Waals surface area contributed by atoms with Crippen LogP contribution in [0.5, 0.6) is 11.6 Å². The monoisotopic (exact) mass is 354 g/mol. The van der Waals surface area contributed by atoms with Crippen molar-refractivity contribution in [1.29, 1.82) is 0 Å². The van der Waals surface area contributed by atoms with Crippen LogP contribution in [0.15, 0.2) is 34.8 Å². The van der Waals surface area contributed by atoms with Gasteiger partial charge < -0.3 is 15.2 Å². The third-order valence-electron chi connectivity index (χ3n) is 2.71. The Morgan fingerprint density at radius 3 is 2.71 bits per heavy atom. The second-order valence-electron chi connectivity index (χ2n) is 4.15. The standard InChI is InChI=1S/C14H12BrFN2O3/c1-21-11-6-10(15)13(19)12(18-11)14(20)17-7-8-2-4-9(16)5-3-8/h2-6,19H,7H2,1H3,(H,17,20). The maximum absolute atomic E-state index is 12.8. The first kappa shape index (κ1) is 15.2. The average Bonchev–Trinajstić information content (AvgIpc) is 2.49. The van der Waals surface area contributed by atoms with Gasteiger partial charge in [0, 0.05) is 12.6 Å². The van der Waals surface area contributed by atoms with Crippen molar-refractivity contribution >= 4 is 21.8 Å². The fourth-order valence-corrected chi connectivity index (χ4v) is 2.00. The zero-order valence-corrected chi connectivity index (χ0v) is 12.6. The molecule has 0 bridgehead atoms. The number of rotatable bonds is 4. The van der Waals surface area contributed by atoms with Crippen molar-refractivity contribution in [3.8, 4) is 11.6 Å². The molecule has 0 aliphatic heterocycles. The molecule has 0 fully saturated rings. The van der Waals surface area contributed by atoms with Crippen molar-refractivity contribution in [2.24, 2.45) is 0 Å². The summed E-state index contributed by atoms with van der Waals surface area (Å²) in [6, 6.07) is 7.18. The Kier molecular flexibility index (Phi) is 4.74. The van der Waals surface area contributed by atoms with Gasteiger partial charge in [-0.1, -0.05) is 12.1 Å². The Morgan fingerprint density at radius 1 is 1.43 bits per heavy atom. The van der Waals surface area contributed by atoms with Crippen molar-refractivity contribution in [3.05, 3.63) is 51.9 Å². The summed E-state index contributed by atoms with van der Waals surface area (Å²) in [5.74, 6) is -0.975. The zero-order valence-electron chi connectivity index (χ0n) is 11.1. The highest BCUT2D eigenvalue weighted by Gasteiger charge is 2.17. The summed E-state index contributed by atoms with van der Waals surface area (Å²) in [5, 5.41) is 12.4. The minimum Gasteiger partial charge on any atom is -0.504 e.